The Morgan fingerprint density at radius 3 is 2.94 bits per heavy atom. The fourth-order valence-electron chi connectivity index (χ4n) is 2.22. The van der Waals surface area contributed by atoms with E-state index in [0.29, 0.717) is 0 Å². The molecule has 2 unspecified atom stereocenters. The van der Waals surface area contributed by atoms with Crippen molar-refractivity contribution in [2.45, 2.75) is 32.2 Å². The van der Waals surface area contributed by atoms with Crippen molar-refractivity contribution in [3.8, 4) is 0 Å². The van der Waals surface area contributed by atoms with E-state index in [2.05, 4.69) is 12.2 Å². The van der Waals surface area contributed by atoms with Gasteiger partial charge in [0.2, 0.25) is 5.91 Å². The van der Waals surface area contributed by atoms with Gasteiger partial charge in [-0.25, -0.2) is 0 Å². The Morgan fingerprint density at radius 1 is 1.53 bits per heavy atom. The van der Waals surface area contributed by atoms with Gasteiger partial charge in [-0.1, -0.05) is 12.2 Å². The average molecular weight is 233 g/mol. The van der Waals surface area contributed by atoms with Gasteiger partial charge in [-0.2, -0.15) is 0 Å². The molecule has 0 saturated heterocycles. The molecule has 3 heteroatoms. The highest BCUT2D eigenvalue weighted by Gasteiger charge is 2.26. The minimum atomic E-state index is 0.00315. The fourth-order valence-corrected chi connectivity index (χ4v) is 2.22. The summed E-state index contributed by atoms with van der Waals surface area (Å²) in [5.74, 6) is 1.20. The highest BCUT2D eigenvalue weighted by atomic mass is 16.3. The van der Waals surface area contributed by atoms with Gasteiger partial charge in [-0.3, -0.25) is 4.79 Å². The summed E-state index contributed by atoms with van der Waals surface area (Å²) in [6.45, 7) is 2.00. The lowest BCUT2D eigenvalue weighted by atomic mass is 9.93. The van der Waals surface area contributed by atoms with Crippen LogP contribution in [0, 0.1) is 5.92 Å². The summed E-state index contributed by atoms with van der Waals surface area (Å²) in [5.41, 5.74) is 0. The first-order valence-electron chi connectivity index (χ1n) is 6.15. The van der Waals surface area contributed by atoms with Crippen LogP contribution in [0.3, 0.4) is 0 Å². The maximum Gasteiger partial charge on any atom is 0.226 e. The van der Waals surface area contributed by atoms with Gasteiger partial charge in [0.1, 0.15) is 5.76 Å². The fraction of sp³-hybridized carbons (Fsp3) is 0.500. The zero-order chi connectivity index (χ0) is 12.3. The van der Waals surface area contributed by atoms with Crippen molar-refractivity contribution in [3.05, 3.63) is 36.3 Å². The van der Waals surface area contributed by atoms with E-state index in [1.165, 1.54) is 0 Å². The van der Waals surface area contributed by atoms with Crippen LogP contribution in [0.4, 0.5) is 0 Å². The highest BCUT2D eigenvalue weighted by Crippen LogP contribution is 2.25. The van der Waals surface area contributed by atoms with Gasteiger partial charge in [0.05, 0.1) is 12.3 Å². The van der Waals surface area contributed by atoms with Crippen LogP contribution in [0.2, 0.25) is 0 Å². The van der Waals surface area contributed by atoms with E-state index in [-0.39, 0.29) is 17.9 Å². The first-order chi connectivity index (χ1) is 8.20. The summed E-state index contributed by atoms with van der Waals surface area (Å²) in [6, 6.07) is 3.77. The number of amides is 1. The van der Waals surface area contributed by atoms with Gasteiger partial charge >= 0.3 is 0 Å². The Hall–Kier alpha value is -1.51. The third-order valence-corrected chi connectivity index (χ3v) is 3.50. The Balaban J connectivity index is 2.01. The van der Waals surface area contributed by atoms with Crippen molar-refractivity contribution >= 4 is 5.91 Å². The van der Waals surface area contributed by atoms with Gasteiger partial charge in [0, 0.05) is 13.0 Å². The number of rotatable bonds is 3. The van der Waals surface area contributed by atoms with Gasteiger partial charge in [0.25, 0.3) is 0 Å². The monoisotopic (exact) mass is 233 g/mol. The van der Waals surface area contributed by atoms with E-state index in [4.69, 9.17) is 4.42 Å². The third kappa shape index (κ3) is 2.60. The second kappa shape index (κ2) is 5.21. The molecule has 1 heterocycles. The molecule has 0 bridgehead atoms. The minimum Gasteiger partial charge on any atom is -0.467 e. The molecule has 0 aliphatic heterocycles. The predicted octanol–water partition coefficient (Wildman–Crippen LogP) is 3.16. The van der Waals surface area contributed by atoms with Crippen LogP contribution in [-0.2, 0) is 4.79 Å². The number of hydrogen-bond acceptors (Lipinski definition) is 2. The normalized spacial score (nSPS) is 21.2. The maximum absolute atomic E-state index is 12.3. The lowest BCUT2D eigenvalue weighted by Gasteiger charge is -2.28. The summed E-state index contributed by atoms with van der Waals surface area (Å²) < 4.78 is 5.35. The second-order valence-corrected chi connectivity index (χ2v) is 4.62. The zero-order valence-corrected chi connectivity index (χ0v) is 10.4. The van der Waals surface area contributed by atoms with Crippen LogP contribution in [0.15, 0.2) is 35.0 Å². The topological polar surface area (TPSA) is 33.5 Å². The van der Waals surface area contributed by atoms with Gasteiger partial charge in [0.15, 0.2) is 0 Å². The Morgan fingerprint density at radius 2 is 2.35 bits per heavy atom. The van der Waals surface area contributed by atoms with Crippen LogP contribution in [-0.4, -0.2) is 17.9 Å². The van der Waals surface area contributed by atoms with Crippen molar-refractivity contribution in [1.82, 2.24) is 4.90 Å². The lowest BCUT2D eigenvalue weighted by molar-refractivity contribution is -0.136. The van der Waals surface area contributed by atoms with Gasteiger partial charge in [-0.15, -0.1) is 0 Å². The summed E-state index contributed by atoms with van der Waals surface area (Å²) in [5, 5.41) is 0. The summed E-state index contributed by atoms with van der Waals surface area (Å²) in [6.07, 6.45) is 8.75. The average Bonchev–Trinajstić information content (AvgIpc) is 2.91. The van der Waals surface area contributed by atoms with Crippen molar-refractivity contribution in [1.29, 1.82) is 0 Å². The third-order valence-electron chi connectivity index (χ3n) is 3.50. The summed E-state index contributed by atoms with van der Waals surface area (Å²) in [7, 11) is 1.86. The van der Waals surface area contributed by atoms with Crippen LogP contribution >= 0.6 is 0 Å². The van der Waals surface area contributed by atoms with Crippen molar-refractivity contribution in [2.75, 3.05) is 7.05 Å². The molecule has 2 rings (SSSR count). The first kappa shape index (κ1) is 12.0. The second-order valence-electron chi connectivity index (χ2n) is 4.62. The molecule has 3 nitrogen and oxygen atoms in total. The molecule has 0 aromatic carbocycles. The zero-order valence-electron chi connectivity index (χ0n) is 10.4. The molecule has 1 aliphatic carbocycles. The number of allylic oxidation sites excluding steroid dienone is 2. The molecule has 17 heavy (non-hydrogen) atoms. The standard InChI is InChI=1S/C14H19NO2/c1-11(13-9-6-10-17-13)15(2)14(16)12-7-4-3-5-8-12/h3-4,6,9-12H,5,7-8H2,1-2H3. The molecular formula is C14H19NO2. The molecule has 0 fully saturated rings. The van der Waals surface area contributed by atoms with Crippen molar-refractivity contribution < 1.29 is 9.21 Å². The Bertz CT molecular complexity index is 394. The number of nitrogens with zero attached hydrogens (tertiary/aromatic N) is 1. The molecule has 92 valence electrons. The van der Waals surface area contributed by atoms with Crippen LogP contribution in [0.5, 0.6) is 0 Å². The van der Waals surface area contributed by atoms with E-state index in [1.54, 1.807) is 11.2 Å². The summed E-state index contributed by atoms with van der Waals surface area (Å²) >= 11 is 0. The molecule has 0 spiro atoms. The van der Waals surface area contributed by atoms with E-state index < -0.39 is 0 Å². The number of hydrogen-bond donors (Lipinski definition) is 0. The number of carbonyl (C=O) groups is 1. The SMILES string of the molecule is CC(c1ccco1)N(C)C(=O)C1CC=CCC1. The van der Waals surface area contributed by atoms with Gasteiger partial charge < -0.3 is 9.32 Å². The van der Waals surface area contributed by atoms with Crippen LogP contribution < -0.4 is 0 Å². The van der Waals surface area contributed by atoms with Crippen molar-refractivity contribution in [2.24, 2.45) is 5.92 Å². The summed E-state index contributed by atoms with van der Waals surface area (Å²) in [4.78, 5) is 14.1. The minimum absolute atomic E-state index is 0.00315. The van der Waals surface area contributed by atoms with Gasteiger partial charge in [-0.05, 0) is 38.3 Å². The van der Waals surface area contributed by atoms with Crippen LogP contribution in [0.1, 0.15) is 38.0 Å². The molecule has 0 saturated carbocycles. The first-order valence-corrected chi connectivity index (χ1v) is 6.15. The molecule has 0 N–H and O–H groups in total. The smallest absolute Gasteiger partial charge is 0.226 e. The van der Waals surface area contributed by atoms with Crippen molar-refractivity contribution in [3.63, 3.8) is 0 Å². The molecule has 1 aliphatic rings. The Kier molecular flexibility index (Phi) is 3.67. The van der Waals surface area contributed by atoms with E-state index in [1.807, 2.05) is 26.1 Å². The van der Waals surface area contributed by atoms with E-state index in [0.717, 1.165) is 25.0 Å². The lowest BCUT2D eigenvalue weighted by Crippen LogP contribution is -2.35. The van der Waals surface area contributed by atoms with Crippen LogP contribution in [0.25, 0.3) is 0 Å². The highest BCUT2D eigenvalue weighted by molar-refractivity contribution is 5.79. The van der Waals surface area contributed by atoms with E-state index >= 15 is 0 Å². The molecule has 1 aromatic rings. The number of furan rings is 1. The molecule has 2 atom stereocenters. The molecule has 1 amide bonds. The predicted molar refractivity (Wildman–Crippen MR) is 66.4 cm³/mol. The quantitative estimate of drug-likeness (QED) is 0.751. The molecule has 0 radical (unpaired) electrons. The molecule has 1 aromatic heterocycles. The largest absolute Gasteiger partial charge is 0.467 e. The molecular weight excluding hydrogens is 214 g/mol. The number of carbonyl (C=O) groups excluding carboxylic acids is 1. The maximum atomic E-state index is 12.3. The van der Waals surface area contributed by atoms with E-state index in [9.17, 15) is 4.79 Å². The Labute approximate surface area is 102 Å².